The summed E-state index contributed by atoms with van der Waals surface area (Å²) in [6.45, 7) is 68.2. The molecule has 17 nitrogen and oxygen atoms in total. The molecular formula is C123H288N2O15. The highest BCUT2D eigenvalue weighted by atomic mass is 16.5. The molecule has 0 aromatic rings. The number of hydrogen-bond acceptors (Lipinski definition) is 15. The molecule has 0 aromatic heterocycles. The summed E-state index contributed by atoms with van der Waals surface area (Å²) in [6, 6.07) is 0. The highest BCUT2D eigenvalue weighted by molar-refractivity contribution is 5.82. The Hall–Kier alpha value is -4.70. The molecule has 0 radical (unpaired) electrons. The highest BCUT2D eigenvalue weighted by Crippen LogP contribution is 2.25. The number of hydrogen-bond donors (Lipinski definition) is 1. The molecule has 0 aromatic carbocycles. The number of nitrogens with one attached hydrogen (secondary N) is 1. The van der Waals surface area contributed by atoms with Crippen molar-refractivity contribution < 1.29 is 71.6 Å². The molecular weight excluding hydrogens is 1750 g/mol. The fourth-order valence-corrected chi connectivity index (χ4v) is 9.09. The lowest BCUT2D eigenvalue weighted by atomic mass is 9.86. The van der Waals surface area contributed by atoms with Gasteiger partial charge in [0.2, 0.25) is 11.8 Å². The van der Waals surface area contributed by atoms with Gasteiger partial charge in [-0.3, -0.25) is 47.9 Å². The minimum absolute atomic E-state index is 0. The Labute approximate surface area is 893 Å². The first-order valence-corrected chi connectivity index (χ1v) is 48.9. The summed E-state index contributed by atoms with van der Waals surface area (Å²) in [6.07, 6.45) is 49.2. The molecule has 0 aliphatic rings. The van der Waals surface area contributed by atoms with Crippen molar-refractivity contribution in [3.8, 4) is 0 Å². The van der Waals surface area contributed by atoms with Gasteiger partial charge in [0, 0.05) is 49.2 Å². The standard InChI is InChI=1S/C18H36O2.C17H34O2.C13H26O2.C11H22O2.C10H20O2.2C7H15NO.2C7H14O.C6H12O.20CH4/c1-5-7-8-9-10-11-12-13-14-15-16-20-17(19)18(3,4)6-2;1-4-6-7-8-9-10-11-12-13-14-15-19-17(18)16(3)5-2;1-4-6-7-8-9-10-11-15-13(14)12(3)5-2;1-4-6-7-8-9-13-11(12)10(3)5-2;1-5-7-8-12-9(11)10(3,4)6-2;1-5-7(2,3)6(9)8-4;1-5-6(2)7(9)8(3)4;2*1-5-7(3,4)6(2)8;1-4-5(2)6(3)7;;;;;;;;;;;;;;;;;;;;/h5-16H2,1-4H3;16H,4-15H2,1-3H3;12H,4-11H2,1-3H3;10H,4-9H2,1-3H3;5-8H2,1-4H3;5H2,1-4H3,(H,8,9);6H,5H2,1-4H3;2*5H2,1-4H3;5H,4H2,1-3H3;20*1H4. The summed E-state index contributed by atoms with van der Waals surface area (Å²) in [5.41, 5.74) is -1.03. The van der Waals surface area contributed by atoms with E-state index in [2.05, 4.69) is 39.9 Å². The van der Waals surface area contributed by atoms with Gasteiger partial charge >= 0.3 is 29.8 Å². The first-order chi connectivity index (χ1) is 56.1. The molecule has 0 aliphatic heterocycles. The molecule has 880 valence electrons. The van der Waals surface area contributed by atoms with Crippen LogP contribution in [0, 0.1) is 56.7 Å². The van der Waals surface area contributed by atoms with Crippen molar-refractivity contribution in [2.45, 2.75) is 647 Å². The SMILES string of the molecule is C.C.C.C.C.C.C.C.C.C.C.C.C.C.C.C.C.C.C.C.CCC(C)(C)C(=O)NC.CCC(C)(C)C(C)=O.CCC(C)(C)C(C)=O.CCC(C)C(=O)N(C)C.CCC(C)C(C)=O.CCCCCCCCCCCCOC(=O)C(C)(C)CC.CCCCCCCCCCCCOC(=O)C(C)CC.CCCCCCCCOC(=O)C(C)CC.CCCCCCOC(=O)C(C)CC.CCCCOC(=O)C(C)(C)CC. The van der Waals surface area contributed by atoms with E-state index in [4.69, 9.17) is 23.7 Å². The van der Waals surface area contributed by atoms with Gasteiger partial charge in [-0.2, -0.15) is 0 Å². The lowest BCUT2D eigenvalue weighted by Crippen LogP contribution is -2.33. The average molecular weight is 2040 g/mol. The number of ketones is 3. The predicted octanol–water partition coefficient (Wildman–Crippen LogP) is 41.9. The maximum Gasteiger partial charge on any atom is 0.311 e. The fraction of sp³-hybridized carbons (Fsp3) is 0.919. The zero-order valence-corrected chi connectivity index (χ0v) is 86.7. The largest absolute Gasteiger partial charge is 0.465 e. The Kier molecular flexibility index (Phi) is 235. The van der Waals surface area contributed by atoms with E-state index in [1.54, 1.807) is 46.8 Å². The van der Waals surface area contributed by atoms with Gasteiger partial charge in [0.25, 0.3) is 0 Å². The van der Waals surface area contributed by atoms with Gasteiger partial charge in [-0.25, -0.2) is 0 Å². The number of amides is 2. The third-order valence-corrected chi connectivity index (χ3v) is 23.3. The number of ether oxygens (including phenoxy) is 5. The first-order valence-electron chi connectivity index (χ1n) is 48.9. The van der Waals surface area contributed by atoms with Crippen molar-refractivity contribution >= 4 is 59.0 Å². The summed E-state index contributed by atoms with van der Waals surface area (Å²) >= 11 is 0. The average Bonchev–Trinajstić information content (AvgIpc) is 0.895. The molecule has 2 amide bonds. The number of unbranched alkanes of at least 4 members (excludes halogenated alkanes) is 27. The molecule has 0 saturated carbocycles. The zero-order chi connectivity index (χ0) is 95.2. The van der Waals surface area contributed by atoms with Crippen LogP contribution in [0.15, 0.2) is 0 Å². The Morgan fingerprint density at radius 1 is 0.236 bits per heavy atom. The van der Waals surface area contributed by atoms with E-state index < -0.39 is 0 Å². The van der Waals surface area contributed by atoms with Crippen molar-refractivity contribution in [2.24, 2.45) is 56.7 Å². The van der Waals surface area contributed by atoms with Crippen LogP contribution in [0.2, 0.25) is 0 Å². The van der Waals surface area contributed by atoms with Crippen molar-refractivity contribution in [1.82, 2.24) is 10.2 Å². The fourth-order valence-electron chi connectivity index (χ4n) is 9.09. The van der Waals surface area contributed by atoms with Crippen LogP contribution in [0.1, 0.15) is 647 Å². The van der Waals surface area contributed by atoms with Crippen LogP contribution in [0.4, 0.5) is 0 Å². The summed E-state index contributed by atoms with van der Waals surface area (Å²) in [4.78, 5) is 112. The molecule has 17 heteroatoms. The maximum atomic E-state index is 11.7. The predicted molar refractivity (Wildman–Crippen MR) is 648 cm³/mol. The summed E-state index contributed by atoms with van der Waals surface area (Å²) < 4.78 is 25.9. The minimum Gasteiger partial charge on any atom is -0.465 e. The van der Waals surface area contributed by atoms with Crippen LogP contribution < -0.4 is 5.32 Å². The quantitative estimate of drug-likeness (QED) is 0.0339. The van der Waals surface area contributed by atoms with Gasteiger partial charge in [0.1, 0.15) is 17.3 Å². The second kappa shape index (κ2) is 150. The van der Waals surface area contributed by atoms with E-state index in [1.165, 1.54) is 167 Å². The molecule has 0 heterocycles. The number of carbonyl (C=O) groups excluding carboxylic acids is 10. The Morgan fingerprint density at radius 3 is 0.536 bits per heavy atom. The van der Waals surface area contributed by atoms with Gasteiger partial charge in [-0.05, 0) is 145 Å². The lowest BCUT2D eigenvalue weighted by Gasteiger charge is -2.20. The Bertz CT molecular complexity index is 2350. The van der Waals surface area contributed by atoms with E-state index in [-0.39, 0.29) is 258 Å². The third-order valence-electron chi connectivity index (χ3n) is 23.3. The van der Waals surface area contributed by atoms with Crippen molar-refractivity contribution in [2.75, 3.05) is 54.2 Å². The van der Waals surface area contributed by atoms with E-state index in [0.29, 0.717) is 38.8 Å². The van der Waals surface area contributed by atoms with E-state index in [9.17, 15) is 47.9 Å². The van der Waals surface area contributed by atoms with Crippen LogP contribution in [-0.4, -0.2) is 118 Å². The molecule has 0 aliphatic carbocycles. The number of Topliss-reactive ketones (excluding diaryl/α,β-unsaturated/α-hetero) is 3. The van der Waals surface area contributed by atoms with Crippen LogP contribution in [-0.2, 0) is 71.6 Å². The minimum atomic E-state index is -0.321. The zero-order valence-electron chi connectivity index (χ0n) is 86.7. The molecule has 0 spiro atoms. The smallest absolute Gasteiger partial charge is 0.311 e. The second-order valence-electron chi connectivity index (χ2n) is 36.6. The van der Waals surface area contributed by atoms with Gasteiger partial charge in [0.15, 0.2) is 0 Å². The van der Waals surface area contributed by atoms with Crippen LogP contribution in [0.5, 0.6) is 0 Å². The topological polar surface area (TPSA) is 232 Å². The van der Waals surface area contributed by atoms with Gasteiger partial charge in [0.05, 0.1) is 61.6 Å². The summed E-state index contributed by atoms with van der Waals surface area (Å²) in [5, 5.41) is 2.62. The molecule has 5 unspecified atom stereocenters. The molecule has 0 rings (SSSR count). The molecule has 0 fully saturated rings. The third kappa shape index (κ3) is 153. The molecule has 1 N–H and O–H groups in total. The number of esters is 5. The van der Waals surface area contributed by atoms with Gasteiger partial charge in [-0.15, -0.1) is 0 Å². The summed E-state index contributed by atoms with van der Waals surface area (Å²) in [5.74, 6) is 1.59. The Morgan fingerprint density at radius 2 is 0.407 bits per heavy atom. The second-order valence-corrected chi connectivity index (χ2v) is 36.6. The van der Waals surface area contributed by atoms with Gasteiger partial charge < -0.3 is 33.9 Å². The molecule has 140 heavy (non-hydrogen) atoms. The number of carbonyl (C=O) groups is 10. The Balaban J connectivity index is -0.0000000343. The maximum absolute atomic E-state index is 11.7. The monoisotopic (exact) mass is 2030 g/mol. The van der Waals surface area contributed by atoms with E-state index in [0.717, 1.165) is 103 Å². The molecule has 5 atom stereocenters. The highest BCUT2D eigenvalue weighted by Gasteiger charge is 2.28. The normalized spacial score (nSPS) is 10.3. The first kappa shape index (κ1) is 220. The van der Waals surface area contributed by atoms with E-state index in [1.807, 2.05) is 173 Å². The van der Waals surface area contributed by atoms with Crippen molar-refractivity contribution in [3.05, 3.63) is 0 Å². The molecule has 0 bridgehead atoms. The number of nitrogens with zero attached hydrogens (tertiary/aromatic N) is 1. The van der Waals surface area contributed by atoms with Crippen LogP contribution in [0.25, 0.3) is 0 Å². The van der Waals surface area contributed by atoms with Gasteiger partial charge in [-0.1, -0.05) is 502 Å². The molecule has 0 saturated heterocycles. The van der Waals surface area contributed by atoms with E-state index >= 15 is 0 Å². The van der Waals surface area contributed by atoms with Crippen molar-refractivity contribution in [1.29, 1.82) is 0 Å². The van der Waals surface area contributed by atoms with Crippen LogP contribution in [0.3, 0.4) is 0 Å². The number of rotatable bonds is 57. The lowest BCUT2D eigenvalue weighted by molar-refractivity contribution is -0.155. The van der Waals surface area contributed by atoms with Crippen molar-refractivity contribution in [3.63, 3.8) is 0 Å². The summed E-state index contributed by atoms with van der Waals surface area (Å²) in [7, 11) is 5.24. The van der Waals surface area contributed by atoms with Crippen LogP contribution >= 0.6 is 0 Å².